The Morgan fingerprint density at radius 2 is 1.14 bits per heavy atom. The van der Waals surface area contributed by atoms with Crippen LogP contribution < -0.4 is 0 Å². The highest BCUT2D eigenvalue weighted by atomic mass is 79.9. The third-order valence-electron chi connectivity index (χ3n) is 5.53. The molecule has 0 heterocycles. The fourth-order valence-electron chi connectivity index (χ4n) is 4.34. The molecule has 0 N–H and O–H groups in total. The van der Waals surface area contributed by atoms with Gasteiger partial charge in [-0.15, -0.1) is 0 Å². The van der Waals surface area contributed by atoms with Crippen molar-refractivity contribution < 1.29 is 13.6 Å². The van der Waals surface area contributed by atoms with Gasteiger partial charge in [-0.2, -0.15) is 0 Å². The number of hydrogen-bond acceptors (Lipinski definition) is 3. The highest BCUT2D eigenvalue weighted by Crippen LogP contribution is 2.56. The van der Waals surface area contributed by atoms with Crippen molar-refractivity contribution in [2.24, 2.45) is 0 Å². The van der Waals surface area contributed by atoms with Gasteiger partial charge in [0.15, 0.2) is 0 Å². The minimum Gasteiger partial charge on any atom is -0.303 e. The van der Waals surface area contributed by atoms with Gasteiger partial charge in [0.1, 0.15) is 0 Å². The summed E-state index contributed by atoms with van der Waals surface area (Å²) >= 11 is 3.81. The average molecular weight is 565 g/mol. The topological polar surface area (TPSA) is 35.5 Å². The summed E-state index contributed by atoms with van der Waals surface area (Å²) in [6.45, 7) is 11.4. The largest absolute Gasteiger partial charge is 0.336 e. The number of benzene rings is 4. The maximum atomic E-state index is 13.6. The van der Waals surface area contributed by atoms with Crippen molar-refractivity contribution in [2.45, 2.75) is 58.9 Å². The Morgan fingerprint density at radius 1 is 0.694 bits per heavy atom. The molecule has 0 aliphatic heterocycles. The van der Waals surface area contributed by atoms with Crippen molar-refractivity contribution in [3.8, 4) is 0 Å². The minimum absolute atomic E-state index is 0.230. The van der Waals surface area contributed by atoms with Crippen LogP contribution in [0.2, 0.25) is 0 Å². The molecular formula is C31H34BrO3P. The molecule has 4 rings (SSSR count). The SMILES string of the molecule is CC(C)(C)OP(=O)(Cc1ccc(/C=C/c2c3ccccc3c(Br)c3ccccc23)cc1)OC(C)(C)C. The Hall–Kier alpha value is -2.23. The summed E-state index contributed by atoms with van der Waals surface area (Å²) < 4.78 is 26.6. The lowest BCUT2D eigenvalue weighted by Gasteiger charge is -2.32. The molecule has 0 saturated carbocycles. The molecule has 5 heteroatoms. The van der Waals surface area contributed by atoms with E-state index in [1.165, 1.54) is 27.1 Å². The molecule has 188 valence electrons. The first-order valence-corrected chi connectivity index (χ1v) is 14.7. The zero-order chi connectivity index (χ0) is 26.1. The Kier molecular flexibility index (Phi) is 7.65. The van der Waals surface area contributed by atoms with Crippen LogP contribution in [-0.2, 0) is 19.8 Å². The highest BCUT2D eigenvalue weighted by molar-refractivity contribution is 9.10. The lowest BCUT2D eigenvalue weighted by atomic mass is 9.96. The smallest absolute Gasteiger partial charge is 0.303 e. The highest BCUT2D eigenvalue weighted by Gasteiger charge is 2.35. The molecule has 0 saturated heterocycles. The summed E-state index contributed by atoms with van der Waals surface area (Å²) in [6, 6.07) is 25.0. The molecule has 3 nitrogen and oxygen atoms in total. The number of hydrogen-bond donors (Lipinski definition) is 0. The molecule has 0 radical (unpaired) electrons. The Morgan fingerprint density at radius 3 is 1.58 bits per heavy atom. The standard InChI is InChI=1S/C31H34BrO3P/c1-30(2,3)34-36(33,35-31(4,5)6)21-23-17-15-22(16-18-23)19-20-26-24-11-7-9-13-27(24)29(32)28-14-10-8-12-25(26)28/h7-20H,21H2,1-6H3/b20-19+. The molecule has 4 aromatic rings. The van der Waals surface area contributed by atoms with Crippen LogP contribution in [-0.4, -0.2) is 11.2 Å². The van der Waals surface area contributed by atoms with Gasteiger partial charge >= 0.3 is 7.60 Å². The molecule has 0 unspecified atom stereocenters. The zero-order valence-corrected chi connectivity index (χ0v) is 24.3. The van der Waals surface area contributed by atoms with E-state index in [4.69, 9.17) is 9.05 Å². The van der Waals surface area contributed by atoms with Gasteiger partial charge in [-0.05, 0) is 95.7 Å². The van der Waals surface area contributed by atoms with E-state index in [-0.39, 0.29) is 6.16 Å². The maximum absolute atomic E-state index is 13.6. The van der Waals surface area contributed by atoms with E-state index in [1.54, 1.807) is 0 Å². The second-order valence-electron chi connectivity index (χ2n) is 11.1. The van der Waals surface area contributed by atoms with Gasteiger partial charge in [0.25, 0.3) is 0 Å². The van der Waals surface area contributed by atoms with Crippen LogP contribution in [0.3, 0.4) is 0 Å². The second kappa shape index (κ2) is 10.3. The van der Waals surface area contributed by atoms with Crippen LogP contribution in [0, 0.1) is 0 Å². The van der Waals surface area contributed by atoms with Gasteiger partial charge in [0.05, 0.1) is 17.4 Å². The molecule has 0 aliphatic rings. The summed E-state index contributed by atoms with van der Waals surface area (Å²) in [4.78, 5) is 0. The van der Waals surface area contributed by atoms with E-state index < -0.39 is 18.8 Å². The minimum atomic E-state index is -3.34. The van der Waals surface area contributed by atoms with Crippen LogP contribution in [0.4, 0.5) is 0 Å². The number of fused-ring (bicyclic) bond motifs is 2. The monoisotopic (exact) mass is 564 g/mol. The van der Waals surface area contributed by atoms with Gasteiger partial charge in [-0.25, -0.2) is 0 Å². The van der Waals surface area contributed by atoms with E-state index >= 15 is 0 Å². The number of rotatable bonds is 6. The van der Waals surface area contributed by atoms with E-state index in [9.17, 15) is 4.57 Å². The van der Waals surface area contributed by atoms with Gasteiger partial charge in [0, 0.05) is 4.47 Å². The predicted molar refractivity (Wildman–Crippen MR) is 158 cm³/mol. The second-order valence-corrected chi connectivity index (χ2v) is 13.8. The molecule has 0 spiro atoms. The quantitative estimate of drug-likeness (QED) is 0.133. The van der Waals surface area contributed by atoms with Crippen molar-refractivity contribution >= 4 is 57.2 Å². The van der Waals surface area contributed by atoms with Crippen molar-refractivity contribution in [2.75, 3.05) is 0 Å². The summed E-state index contributed by atoms with van der Waals surface area (Å²) in [5.41, 5.74) is 2.04. The van der Waals surface area contributed by atoms with Gasteiger partial charge in [-0.1, -0.05) is 84.9 Å². The predicted octanol–water partition coefficient (Wildman–Crippen LogP) is 10.2. The van der Waals surface area contributed by atoms with E-state index in [0.29, 0.717) is 0 Å². The fourth-order valence-corrected chi connectivity index (χ4v) is 7.53. The summed E-state index contributed by atoms with van der Waals surface area (Å²) in [5.74, 6) is 0. The van der Waals surface area contributed by atoms with Crippen LogP contribution in [0.25, 0.3) is 33.7 Å². The van der Waals surface area contributed by atoms with E-state index in [0.717, 1.165) is 15.6 Å². The molecule has 0 amide bonds. The van der Waals surface area contributed by atoms with Crippen LogP contribution in [0.1, 0.15) is 58.2 Å². The molecule has 0 aliphatic carbocycles. The van der Waals surface area contributed by atoms with Crippen molar-refractivity contribution in [1.82, 2.24) is 0 Å². The van der Waals surface area contributed by atoms with Gasteiger partial charge in [-0.3, -0.25) is 4.57 Å². The molecule has 0 bridgehead atoms. The molecular weight excluding hydrogens is 531 g/mol. The zero-order valence-electron chi connectivity index (χ0n) is 21.8. The molecule has 4 aromatic carbocycles. The first-order valence-electron chi connectivity index (χ1n) is 12.2. The Labute approximate surface area is 223 Å². The summed E-state index contributed by atoms with van der Waals surface area (Å²) in [6.07, 6.45) is 4.54. The molecule has 0 atom stereocenters. The lowest BCUT2D eigenvalue weighted by molar-refractivity contribution is 0.0485. The Bertz CT molecular complexity index is 1380. The fraction of sp³-hybridized carbons (Fsp3) is 0.290. The normalized spacial score (nSPS) is 13.2. The van der Waals surface area contributed by atoms with Crippen molar-refractivity contribution in [3.05, 3.63) is 94.0 Å². The molecule has 0 aromatic heterocycles. The van der Waals surface area contributed by atoms with E-state index in [2.05, 4.69) is 76.6 Å². The third-order valence-corrected chi connectivity index (χ3v) is 8.79. The lowest BCUT2D eigenvalue weighted by Crippen LogP contribution is -2.24. The van der Waals surface area contributed by atoms with Gasteiger partial charge < -0.3 is 9.05 Å². The van der Waals surface area contributed by atoms with Crippen molar-refractivity contribution in [1.29, 1.82) is 0 Å². The third kappa shape index (κ3) is 6.55. The molecule has 0 fully saturated rings. The van der Waals surface area contributed by atoms with Crippen LogP contribution in [0.5, 0.6) is 0 Å². The first kappa shape index (κ1) is 26.8. The number of halogens is 1. The first-order chi connectivity index (χ1) is 16.8. The molecule has 36 heavy (non-hydrogen) atoms. The average Bonchev–Trinajstić information content (AvgIpc) is 2.77. The summed E-state index contributed by atoms with van der Waals surface area (Å²) in [5, 5.41) is 4.80. The Balaban J connectivity index is 1.64. The van der Waals surface area contributed by atoms with Crippen LogP contribution >= 0.6 is 23.5 Å². The van der Waals surface area contributed by atoms with Crippen LogP contribution in [0.15, 0.2) is 77.3 Å². The maximum Gasteiger partial charge on any atom is 0.336 e. The van der Waals surface area contributed by atoms with Crippen molar-refractivity contribution in [3.63, 3.8) is 0 Å². The van der Waals surface area contributed by atoms with E-state index in [1.807, 2.05) is 65.8 Å². The van der Waals surface area contributed by atoms with Gasteiger partial charge in [0.2, 0.25) is 0 Å². The summed E-state index contributed by atoms with van der Waals surface area (Å²) in [7, 11) is -3.34.